The third-order valence-corrected chi connectivity index (χ3v) is 4.32. The molecule has 0 aliphatic carbocycles. The molecule has 3 rings (SSSR count). The zero-order chi connectivity index (χ0) is 23.1. The molecular weight excluding hydrogens is 417 g/mol. The maximum Gasteiger partial charge on any atom is 0.273 e. The molecule has 0 bridgehead atoms. The summed E-state index contributed by atoms with van der Waals surface area (Å²) in [6.07, 6.45) is 1.35. The highest BCUT2D eigenvalue weighted by atomic mass is 19.1. The fourth-order valence-electron chi connectivity index (χ4n) is 2.65. The fraction of sp³-hybridized carbons (Fsp3) is 0.0435. The molecule has 1 amide bonds. The summed E-state index contributed by atoms with van der Waals surface area (Å²) in [5.74, 6) is -1.06. The van der Waals surface area contributed by atoms with Crippen LogP contribution < -0.4 is 10.1 Å². The number of rotatable bonds is 7. The summed E-state index contributed by atoms with van der Waals surface area (Å²) in [6, 6.07) is 17.5. The number of anilines is 1. The van der Waals surface area contributed by atoms with Gasteiger partial charge in [0, 0.05) is 6.07 Å². The Morgan fingerprint density at radius 3 is 2.44 bits per heavy atom. The normalized spacial score (nSPS) is 10.8. The number of aromatic hydroxyl groups is 1. The maximum atomic E-state index is 12.9. The number of hydrogen-bond acceptors (Lipinski definition) is 6. The van der Waals surface area contributed by atoms with Gasteiger partial charge in [0.1, 0.15) is 35.6 Å². The second kappa shape index (κ2) is 9.86. The van der Waals surface area contributed by atoms with Gasteiger partial charge < -0.3 is 15.2 Å². The molecule has 0 fully saturated rings. The SMILES string of the molecule is N#C/C(=C\c1ccc(OCc2ccc(F)cc2)cc1)C(=O)Nc1ccc([N+](=O)[O-])cc1O. The minimum absolute atomic E-state index is 0.0636. The predicted molar refractivity (Wildman–Crippen MR) is 114 cm³/mol. The lowest BCUT2D eigenvalue weighted by molar-refractivity contribution is -0.384. The molecular formula is C23H16FN3O5. The number of nitrogens with zero attached hydrogens (tertiary/aromatic N) is 2. The minimum Gasteiger partial charge on any atom is -0.506 e. The summed E-state index contributed by atoms with van der Waals surface area (Å²) in [5, 5.41) is 32.3. The van der Waals surface area contributed by atoms with E-state index in [-0.39, 0.29) is 29.4 Å². The number of carbonyl (C=O) groups is 1. The van der Waals surface area contributed by atoms with Gasteiger partial charge >= 0.3 is 0 Å². The average Bonchev–Trinajstić information content (AvgIpc) is 2.79. The Morgan fingerprint density at radius 1 is 1.16 bits per heavy atom. The van der Waals surface area contributed by atoms with E-state index in [0.29, 0.717) is 11.3 Å². The summed E-state index contributed by atoms with van der Waals surface area (Å²) in [7, 11) is 0. The molecule has 8 nitrogen and oxygen atoms in total. The van der Waals surface area contributed by atoms with Crippen LogP contribution in [0.4, 0.5) is 15.8 Å². The molecule has 0 radical (unpaired) electrons. The first-order valence-electron chi connectivity index (χ1n) is 9.23. The van der Waals surface area contributed by atoms with Gasteiger partial charge in [0.2, 0.25) is 0 Å². The Labute approximate surface area is 182 Å². The Balaban J connectivity index is 1.66. The van der Waals surface area contributed by atoms with Crippen molar-refractivity contribution in [3.8, 4) is 17.6 Å². The molecule has 3 aromatic rings. The highest BCUT2D eigenvalue weighted by Gasteiger charge is 2.15. The van der Waals surface area contributed by atoms with E-state index in [0.717, 1.165) is 17.7 Å². The van der Waals surface area contributed by atoms with Gasteiger partial charge in [-0.1, -0.05) is 24.3 Å². The smallest absolute Gasteiger partial charge is 0.273 e. The highest BCUT2D eigenvalue weighted by Crippen LogP contribution is 2.28. The van der Waals surface area contributed by atoms with Gasteiger partial charge in [0.25, 0.3) is 11.6 Å². The molecule has 160 valence electrons. The lowest BCUT2D eigenvalue weighted by atomic mass is 10.1. The van der Waals surface area contributed by atoms with Gasteiger partial charge in [-0.05, 0) is 47.5 Å². The van der Waals surface area contributed by atoms with Crippen LogP contribution in [-0.4, -0.2) is 15.9 Å². The van der Waals surface area contributed by atoms with Crippen molar-refractivity contribution in [2.45, 2.75) is 6.61 Å². The number of phenolic OH excluding ortho intramolecular Hbond substituents is 1. The summed E-state index contributed by atoms with van der Waals surface area (Å²) in [4.78, 5) is 22.4. The Kier molecular flexibility index (Phi) is 6.78. The number of non-ortho nitro benzene ring substituents is 1. The minimum atomic E-state index is -0.784. The summed E-state index contributed by atoms with van der Waals surface area (Å²) < 4.78 is 18.6. The number of carbonyl (C=O) groups excluding carboxylic acids is 1. The first-order valence-corrected chi connectivity index (χ1v) is 9.23. The number of halogens is 1. The summed E-state index contributed by atoms with van der Waals surface area (Å²) in [5.41, 5.74) is 0.722. The molecule has 0 saturated heterocycles. The molecule has 32 heavy (non-hydrogen) atoms. The first-order chi connectivity index (χ1) is 15.4. The van der Waals surface area contributed by atoms with Crippen LogP contribution in [-0.2, 0) is 11.4 Å². The van der Waals surface area contributed by atoms with Crippen molar-refractivity contribution in [3.63, 3.8) is 0 Å². The largest absolute Gasteiger partial charge is 0.506 e. The molecule has 2 N–H and O–H groups in total. The van der Waals surface area contributed by atoms with Crippen LogP contribution in [0.3, 0.4) is 0 Å². The van der Waals surface area contributed by atoms with Gasteiger partial charge in [-0.25, -0.2) is 4.39 Å². The van der Waals surface area contributed by atoms with Crippen LogP contribution in [0.25, 0.3) is 6.08 Å². The molecule has 9 heteroatoms. The molecule has 0 aliphatic heterocycles. The number of benzene rings is 3. The van der Waals surface area contributed by atoms with Crippen molar-refractivity contribution in [1.29, 1.82) is 5.26 Å². The highest BCUT2D eigenvalue weighted by molar-refractivity contribution is 6.10. The quantitative estimate of drug-likeness (QED) is 0.185. The lowest BCUT2D eigenvalue weighted by Crippen LogP contribution is -2.13. The molecule has 0 atom stereocenters. The van der Waals surface area contributed by atoms with Crippen molar-refractivity contribution in [1.82, 2.24) is 0 Å². The zero-order valence-corrected chi connectivity index (χ0v) is 16.5. The number of nitrogens with one attached hydrogen (secondary N) is 1. The van der Waals surface area contributed by atoms with Gasteiger partial charge in [-0.15, -0.1) is 0 Å². The number of nitro groups is 1. The van der Waals surface area contributed by atoms with Crippen LogP contribution in [0.2, 0.25) is 0 Å². The van der Waals surface area contributed by atoms with E-state index in [9.17, 15) is 29.7 Å². The van der Waals surface area contributed by atoms with Crippen LogP contribution >= 0.6 is 0 Å². The number of hydrogen-bond donors (Lipinski definition) is 2. The van der Waals surface area contributed by atoms with E-state index >= 15 is 0 Å². The third kappa shape index (κ3) is 5.67. The molecule has 0 unspecified atom stereocenters. The van der Waals surface area contributed by atoms with Gasteiger partial charge in [-0.3, -0.25) is 14.9 Å². The molecule has 0 saturated carbocycles. The van der Waals surface area contributed by atoms with Gasteiger partial charge in [0.05, 0.1) is 16.7 Å². The first kappa shape index (κ1) is 22.0. The second-order valence-corrected chi connectivity index (χ2v) is 6.57. The van der Waals surface area contributed by atoms with Gasteiger partial charge in [-0.2, -0.15) is 5.26 Å². The van der Waals surface area contributed by atoms with Crippen molar-refractivity contribution < 1.29 is 24.0 Å². The van der Waals surface area contributed by atoms with Crippen LogP contribution in [0.5, 0.6) is 11.5 Å². The topological polar surface area (TPSA) is 125 Å². The Hall–Kier alpha value is -4.71. The molecule has 0 heterocycles. The van der Waals surface area contributed by atoms with Crippen LogP contribution in [0, 0.1) is 27.3 Å². The van der Waals surface area contributed by atoms with Gasteiger partial charge in [0.15, 0.2) is 0 Å². The molecule has 0 aliphatic rings. The Morgan fingerprint density at radius 2 is 1.84 bits per heavy atom. The monoisotopic (exact) mass is 433 g/mol. The number of amides is 1. The lowest BCUT2D eigenvalue weighted by Gasteiger charge is -2.08. The zero-order valence-electron chi connectivity index (χ0n) is 16.5. The van der Waals surface area contributed by atoms with E-state index in [1.54, 1.807) is 42.5 Å². The molecule has 0 spiro atoms. The molecule has 3 aromatic carbocycles. The van der Waals surface area contributed by atoms with E-state index in [1.165, 1.54) is 24.3 Å². The van der Waals surface area contributed by atoms with Crippen LogP contribution in [0.1, 0.15) is 11.1 Å². The predicted octanol–water partition coefficient (Wildman–Crippen LogP) is 4.56. The van der Waals surface area contributed by atoms with E-state index in [2.05, 4.69) is 5.32 Å². The summed E-state index contributed by atoms with van der Waals surface area (Å²) >= 11 is 0. The van der Waals surface area contributed by atoms with E-state index in [1.807, 2.05) is 0 Å². The maximum absolute atomic E-state index is 12.9. The van der Waals surface area contributed by atoms with Crippen molar-refractivity contribution >= 4 is 23.4 Å². The number of phenols is 1. The van der Waals surface area contributed by atoms with E-state index < -0.39 is 16.6 Å². The fourth-order valence-corrected chi connectivity index (χ4v) is 2.65. The van der Waals surface area contributed by atoms with E-state index in [4.69, 9.17) is 4.74 Å². The second-order valence-electron chi connectivity index (χ2n) is 6.57. The number of nitro benzene ring substituents is 1. The third-order valence-electron chi connectivity index (χ3n) is 4.32. The number of ether oxygens (including phenoxy) is 1. The number of nitriles is 1. The average molecular weight is 433 g/mol. The summed E-state index contributed by atoms with van der Waals surface area (Å²) in [6.45, 7) is 0.250. The van der Waals surface area contributed by atoms with Crippen molar-refractivity contribution in [3.05, 3.63) is 99.4 Å². The standard InChI is InChI=1S/C23H16FN3O5/c24-18-5-1-16(2-6-18)14-32-20-8-3-15(4-9-20)11-17(13-25)23(29)26-21-10-7-19(27(30)31)12-22(21)28/h1-12,28H,14H2,(H,26,29)/b17-11+. The molecule has 0 aromatic heterocycles. The van der Waals surface area contributed by atoms with Crippen LogP contribution in [0.15, 0.2) is 72.3 Å². The Bertz CT molecular complexity index is 1220. The van der Waals surface area contributed by atoms with Crippen molar-refractivity contribution in [2.24, 2.45) is 0 Å². The van der Waals surface area contributed by atoms with Crippen molar-refractivity contribution in [2.75, 3.05) is 5.32 Å².